The van der Waals surface area contributed by atoms with E-state index in [-0.39, 0.29) is 6.61 Å². The normalized spacial score (nSPS) is 13.7. The van der Waals surface area contributed by atoms with Crippen LogP contribution in [0.25, 0.3) is 0 Å². The van der Waals surface area contributed by atoms with Crippen LogP contribution in [0.15, 0.2) is 24.3 Å². The molecule has 0 fully saturated rings. The molecule has 1 amide bonds. The number of rotatable bonds is 42. The van der Waals surface area contributed by atoms with Crippen molar-refractivity contribution < 1.29 is 20.1 Å². The van der Waals surface area contributed by atoms with Crippen LogP contribution in [0, 0.1) is 0 Å². The largest absolute Gasteiger partial charge is 0.394 e. The zero-order chi connectivity index (χ0) is 38.0. The molecular weight excluding hydrogens is 643 g/mol. The second kappa shape index (κ2) is 42.6. The summed E-state index contributed by atoms with van der Waals surface area (Å²) in [5.41, 5.74) is 0. The van der Waals surface area contributed by atoms with Crippen LogP contribution in [0.1, 0.15) is 245 Å². The van der Waals surface area contributed by atoms with Crippen molar-refractivity contribution >= 4 is 5.91 Å². The lowest BCUT2D eigenvalue weighted by molar-refractivity contribution is -0.131. The fourth-order valence-electron chi connectivity index (χ4n) is 7.14. The molecular formula is C47H91NO4. The Balaban J connectivity index is 3.65. The van der Waals surface area contributed by atoms with Crippen molar-refractivity contribution in [1.29, 1.82) is 0 Å². The maximum Gasteiger partial charge on any atom is 0.249 e. The average molecular weight is 734 g/mol. The number of carbonyl (C=O) groups is 1. The maximum absolute atomic E-state index is 12.4. The number of nitrogens with one attached hydrogen (secondary N) is 1. The predicted molar refractivity (Wildman–Crippen MR) is 227 cm³/mol. The van der Waals surface area contributed by atoms with E-state index in [0.717, 1.165) is 38.5 Å². The Morgan fingerprint density at radius 3 is 1.17 bits per heavy atom. The monoisotopic (exact) mass is 734 g/mol. The van der Waals surface area contributed by atoms with Crippen LogP contribution >= 0.6 is 0 Å². The standard InChI is InChI=1S/C47H91NO4/c1-3-5-7-9-11-13-15-17-19-20-21-22-23-24-25-26-27-28-30-31-33-35-37-39-41-45(50)44(43-49)48-47(52)46(51)42-40-38-36-34-32-29-18-16-14-12-10-8-6-4-2/h31,33,39,41,44-46,49-51H,3-30,32,34-38,40,42-43H2,1-2H3,(H,48,52)/b33-31+,41-39+. The van der Waals surface area contributed by atoms with E-state index in [4.69, 9.17) is 0 Å². The van der Waals surface area contributed by atoms with Gasteiger partial charge in [0, 0.05) is 0 Å². The van der Waals surface area contributed by atoms with Gasteiger partial charge in [0.05, 0.1) is 18.8 Å². The summed E-state index contributed by atoms with van der Waals surface area (Å²) in [6, 6.07) is -0.810. The topological polar surface area (TPSA) is 89.8 Å². The van der Waals surface area contributed by atoms with Crippen LogP contribution in [0.3, 0.4) is 0 Å². The predicted octanol–water partition coefficient (Wildman–Crippen LogP) is 13.4. The molecule has 52 heavy (non-hydrogen) atoms. The van der Waals surface area contributed by atoms with Gasteiger partial charge in [-0.05, 0) is 32.1 Å². The summed E-state index contributed by atoms with van der Waals surface area (Å²) >= 11 is 0. The van der Waals surface area contributed by atoms with Crippen LogP contribution in [0.5, 0.6) is 0 Å². The lowest BCUT2D eigenvalue weighted by Gasteiger charge is -2.21. The summed E-state index contributed by atoms with van der Waals surface area (Å²) in [5.74, 6) is -0.510. The maximum atomic E-state index is 12.4. The van der Waals surface area contributed by atoms with Gasteiger partial charge >= 0.3 is 0 Å². The highest BCUT2D eigenvalue weighted by Gasteiger charge is 2.22. The third-order valence-corrected chi connectivity index (χ3v) is 10.8. The first-order chi connectivity index (χ1) is 25.6. The quantitative estimate of drug-likeness (QED) is 0.0371. The van der Waals surface area contributed by atoms with E-state index in [2.05, 4.69) is 31.3 Å². The number of allylic oxidation sites excluding steroid dienone is 3. The first-order valence-corrected chi connectivity index (χ1v) is 23.2. The molecule has 0 aliphatic carbocycles. The molecule has 0 rings (SSSR count). The van der Waals surface area contributed by atoms with E-state index in [0.29, 0.717) is 6.42 Å². The SMILES string of the molecule is CCCCCCCCCCCCCCCCCCCC/C=C/CC/C=C/C(O)C(CO)NC(=O)C(O)CCCCCCCCCCCCCCCC. The van der Waals surface area contributed by atoms with Gasteiger partial charge < -0.3 is 20.6 Å². The molecule has 3 atom stereocenters. The van der Waals surface area contributed by atoms with Crippen molar-refractivity contribution in [2.24, 2.45) is 0 Å². The molecule has 5 nitrogen and oxygen atoms in total. The molecule has 0 aromatic carbocycles. The Labute approximate surface area is 324 Å². The Morgan fingerprint density at radius 1 is 0.462 bits per heavy atom. The van der Waals surface area contributed by atoms with Crippen molar-refractivity contribution in [3.05, 3.63) is 24.3 Å². The molecule has 5 heteroatoms. The number of hydrogen-bond acceptors (Lipinski definition) is 4. The van der Waals surface area contributed by atoms with E-state index in [9.17, 15) is 20.1 Å². The molecule has 0 spiro atoms. The minimum Gasteiger partial charge on any atom is -0.394 e. The molecule has 0 heterocycles. The molecule has 0 aliphatic rings. The van der Waals surface area contributed by atoms with Gasteiger partial charge in [0.25, 0.3) is 0 Å². The van der Waals surface area contributed by atoms with Gasteiger partial charge in [-0.3, -0.25) is 4.79 Å². The summed E-state index contributed by atoms with van der Waals surface area (Å²) < 4.78 is 0. The molecule has 4 N–H and O–H groups in total. The highest BCUT2D eigenvalue weighted by atomic mass is 16.3. The minimum absolute atomic E-state index is 0.373. The average Bonchev–Trinajstić information content (AvgIpc) is 3.15. The Morgan fingerprint density at radius 2 is 0.788 bits per heavy atom. The summed E-state index contributed by atoms with van der Waals surface area (Å²) in [6.07, 6.45) is 52.2. The van der Waals surface area contributed by atoms with Crippen molar-refractivity contribution in [2.45, 2.75) is 263 Å². The van der Waals surface area contributed by atoms with Gasteiger partial charge in [0.15, 0.2) is 0 Å². The van der Waals surface area contributed by atoms with Crippen molar-refractivity contribution in [3.63, 3.8) is 0 Å². The smallest absolute Gasteiger partial charge is 0.249 e. The lowest BCUT2D eigenvalue weighted by atomic mass is 10.0. The van der Waals surface area contributed by atoms with Crippen LogP contribution in [-0.4, -0.2) is 46.1 Å². The second-order valence-corrected chi connectivity index (χ2v) is 16.0. The first-order valence-electron chi connectivity index (χ1n) is 23.2. The third-order valence-electron chi connectivity index (χ3n) is 10.8. The summed E-state index contributed by atoms with van der Waals surface area (Å²) in [5, 5.41) is 33.1. The second-order valence-electron chi connectivity index (χ2n) is 16.0. The molecule has 0 bridgehead atoms. The fourth-order valence-corrected chi connectivity index (χ4v) is 7.14. The Kier molecular flexibility index (Phi) is 41.6. The Hall–Kier alpha value is -1.17. The molecule has 0 aromatic heterocycles. The van der Waals surface area contributed by atoms with Crippen LogP contribution in [-0.2, 0) is 4.79 Å². The molecule has 0 aromatic rings. The van der Waals surface area contributed by atoms with Crippen LogP contribution in [0.2, 0.25) is 0 Å². The van der Waals surface area contributed by atoms with Crippen molar-refractivity contribution in [3.8, 4) is 0 Å². The van der Waals surface area contributed by atoms with Gasteiger partial charge in [0.1, 0.15) is 6.10 Å². The van der Waals surface area contributed by atoms with Gasteiger partial charge in [-0.15, -0.1) is 0 Å². The molecule has 308 valence electrons. The summed E-state index contributed by atoms with van der Waals surface area (Å²) in [7, 11) is 0. The van der Waals surface area contributed by atoms with E-state index in [1.165, 1.54) is 186 Å². The van der Waals surface area contributed by atoms with E-state index in [1.54, 1.807) is 6.08 Å². The van der Waals surface area contributed by atoms with Crippen LogP contribution < -0.4 is 5.32 Å². The number of aliphatic hydroxyl groups excluding tert-OH is 3. The highest BCUT2D eigenvalue weighted by Crippen LogP contribution is 2.16. The first kappa shape index (κ1) is 50.8. The van der Waals surface area contributed by atoms with Gasteiger partial charge in [0.2, 0.25) is 5.91 Å². The highest BCUT2D eigenvalue weighted by molar-refractivity contribution is 5.80. The van der Waals surface area contributed by atoms with E-state index >= 15 is 0 Å². The molecule has 0 aliphatic heterocycles. The molecule has 0 radical (unpaired) electrons. The molecule has 0 saturated heterocycles. The summed E-state index contributed by atoms with van der Waals surface area (Å²) in [4.78, 5) is 12.4. The number of hydrogen-bond donors (Lipinski definition) is 4. The summed E-state index contributed by atoms with van der Waals surface area (Å²) in [6.45, 7) is 4.18. The number of unbranched alkanes of at least 4 members (excludes halogenated alkanes) is 32. The lowest BCUT2D eigenvalue weighted by Crippen LogP contribution is -2.48. The fraction of sp³-hybridized carbons (Fsp3) is 0.894. The van der Waals surface area contributed by atoms with Gasteiger partial charge in [-0.25, -0.2) is 0 Å². The van der Waals surface area contributed by atoms with E-state index in [1.807, 2.05) is 6.08 Å². The number of amides is 1. The zero-order valence-corrected chi connectivity index (χ0v) is 35.0. The number of carbonyl (C=O) groups excluding carboxylic acids is 1. The molecule has 0 saturated carbocycles. The van der Waals surface area contributed by atoms with Gasteiger partial charge in [-0.2, -0.15) is 0 Å². The van der Waals surface area contributed by atoms with Crippen LogP contribution in [0.4, 0.5) is 0 Å². The van der Waals surface area contributed by atoms with Crippen molar-refractivity contribution in [1.82, 2.24) is 5.32 Å². The van der Waals surface area contributed by atoms with Gasteiger partial charge in [-0.1, -0.05) is 237 Å². The van der Waals surface area contributed by atoms with Crippen molar-refractivity contribution in [2.75, 3.05) is 6.61 Å². The Bertz CT molecular complexity index is 768. The third kappa shape index (κ3) is 37.2. The molecule has 3 unspecified atom stereocenters. The van der Waals surface area contributed by atoms with E-state index < -0.39 is 24.2 Å². The zero-order valence-electron chi connectivity index (χ0n) is 35.0. The minimum atomic E-state index is -1.10. The number of aliphatic hydroxyl groups is 3.